The summed E-state index contributed by atoms with van der Waals surface area (Å²) in [5.41, 5.74) is -0.825. The molecule has 3 heteroatoms. The van der Waals surface area contributed by atoms with Crippen molar-refractivity contribution in [1.29, 1.82) is 0 Å². The molecule has 0 aliphatic rings. The van der Waals surface area contributed by atoms with Crippen LogP contribution in [-0.2, 0) is 0 Å². The lowest BCUT2D eigenvalue weighted by Gasteiger charge is -2.33. The number of hydrogen-bond acceptors (Lipinski definition) is 3. The number of nitrogens with zero attached hydrogens (tertiary/aromatic N) is 1. The van der Waals surface area contributed by atoms with Crippen LogP contribution in [-0.4, -0.2) is 41.5 Å². The van der Waals surface area contributed by atoms with Gasteiger partial charge in [0.15, 0.2) is 0 Å². The first-order valence-corrected chi connectivity index (χ1v) is 3.57. The summed E-state index contributed by atoms with van der Waals surface area (Å²) in [6, 6.07) is 0. The molecule has 62 valence electrons. The SMILES string of the molecule is CCC(O)(CCO)N(C)C. The molecule has 0 aromatic heterocycles. The Morgan fingerprint density at radius 2 is 1.90 bits per heavy atom. The van der Waals surface area contributed by atoms with Crippen molar-refractivity contribution in [2.24, 2.45) is 0 Å². The molecule has 0 heterocycles. The Balaban J connectivity index is 3.94. The predicted octanol–water partition coefficient (Wildman–Crippen LogP) is 0.0290. The van der Waals surface area contributed by atoms with Crippen LogP contribution >= 0.6 is 0 Å². The first-order valence-electron chi connectivity index (χ1n) is 3.57. The summed E-state index contributed by atoms with van der Waals surface area (Å²) in [5.74, 6) is 0. The molecular weight excluding hydrogens is 130 g/mol. The van der Waals surface area contributed by atoms with Crippen molar-refractivity contribution in [2.75, 3.05) is 20.7 Å². The van der Waals surface area contributed by atoms with Crippen LogP contribution in [0.15, 0.2) is 0 Å². The molecule has 0 aliphatic carbocycles. The summed E-state index contributed by atoms with van der Waals surface area (Å²) in [4.78, 5) is 1.73. The van der Waals surface area contributed by atoms with Gasteiger partial charge in [-0.3, -0.25) is 4.90 Å². The van der Waals surface area contributed by atoms with Crippen molar-refractivity contribution in [3.63, 3.8) is 0 Å². The van der Waals surface area contributed by atoms with Crippen LogP contribution < -0.4 is 0 Å². The van der Waals surface area contributed by atoms with Gasteiger partial charge >= 0.3 is 0 Å². The summed E-state index contributed by atoms with van der Waals surface area (Å²) >= 11 is 0. The zero-order valence-corrected chi connectivity index (χ0v) is 6.96. The average Bonchev–Trinajstić information content (AvgIpc) is 1.88. The molecule has 0 spiro atoms. The topological polar surface area (TPSA) is 43.7 Å². The van der Waals surface area contributed by atoms with E-state index < -0.39 is 5.72 Å². The number of aliphatic hydroxyl groups excluding tert-OH is 1. The molecule has 0 amide bonds. The molecule has 0 saturated carbocycles. The van der Waals surface area contributed by atoms with E-state index in [0.717, 1.165) is 0 Å². The fourth-order valence-corrected chi connectivity index (χ4v) is 0.896. The van der Waals surface area contributed by atoms with Gasteiger partial charge < -0.3 is 10.2 Å². The Kier molecular flexibility index (Phi) is 3.86. The van der Waals surface area contributed by atoms with Crippen molar-refractivity contribution in [3.05, 3.63) is 0 Å². The minimum absolute atomic E-state index is 0.0303. The van der Waals surface area contributed by atoms with Crippen molar-refractivity contribution >= 4 is 0 Å². The Hall–Kier alpha value is -0.120. The highest BCUT2D eigenvalue weighted by molar-refractivity contribution is 4.72. The van der Waals surface area contributed by atoms with Gasteiger partial charge in [-0.15, -0.1) is 0 Å². The lowest BCUT2D eigenvalue weighted by Crippen LogP contribution is -2.44. The molecule has 0 bridgehead atoms. The highest BCUT2D eigenvalue weighted by atomic mass is 16.3. The maximum absolute atomic E-state index is 9.66. The van der Waals surface area contributed by atoms with Crippen molar-refractivity contribution in [2.45, 2.75) is 25.5 Å². The lowest BCUT2D eigenvalue weighted by atomic mass is 10.1. The van der Waals surface area contributed by atoms with Crippen LogP contribution in [0.5, 0.6) is 0 Å². The standard InChI is InChI=1S/C7H17NO2/c1-4-7(10,5-6-9)8(2)3/h9-10H,4-6H2,1-3H3. The molecule has 3 nitrogen and oxygen atoms in total. The second kappa shape index (κ2) is 3.91. The molecular formula is C7H17NO2. The average molecular weight is 147 g/mol. The van der Waals surface area contributed by atoms with Gasteiger partial charge in [0.2, 0.25) is 0 Å². The monoisotopic (exact) mass is 147 g/mol. The first kappa shape index (κ1) is 9.88. The smallest absolute Gasteiger partial charge is 0.119 e. The van der Waals surface area contributed by atoms with Gasteiger partial charge in [0, 0.05) is 13.0 Å². The Morgan fingerprint density at radius 1 is 1.40 bits per heavy atom. The third kappa shape index (κ3) is 2.25. The molecule has 0 radical (unpaired) electrons. The van der Waals surface area contributed by atoms with Crippen molar-refractivity contribution in [1.82, 2.24) is 4.90 Å². The van der Waals surface area contributed by atoms with Gasteiger partial charge in [-0.2, -0.15) is 0 Å². The highest BCUT2D eigenvalue weighted by Gasteiger charge is 2.25. The van der Waals surface area contributed by atoms with Crippen LogP contribution in [0.4, 0.5) is 0 Å². The van der Waals surface area contributed by atoms with E-state index in [9.17, 15) is 5.11 Å². The van der Waals surface area contributed by atoms with Crippen LogP contribution in [0, 0.1) is 0 Å². The highest BCUT2D eigenvalue weighted by Crippen LogP contribution is 2.16. The molecule has 2 N–H and O–H groups in total. The summed E-state index contributed by atoms with van der Waals surface area (Å²) in [6.07, 6.45) is 1.05. The molecule has 0 aromatic rings. The van der Waals surface area contributed by atoms with Gasteiger partial charge in [-0.05, 0) is 20.5 Å². The summed E-state index contributed by atoms with van der Waals surface area (Å²) < 4.78 is 0. The van der Waals surface area contributed by atoms with Crippen LogP contribution in [0.3, 0.4) is 0 Å². The van der Waals surface area contributed by atoms with Crippen LogP contribution in [0.25, 0.3) is 0 Å². The van der Waals surface area contributed by atoms with Gasteiger partial charge in [-0.1, -0.05) is 6.92 Å². The maximum atomic E-state index is 9.66. The molecule has 0 saturated heterocycles. The largest absolute Gasteiger partial charge is 0.396 e. The Morgan fingerprint density at radius 3 is 2.00 bits per heavy atom. The summed E-state index contributed by atoms with van der Waals surface area (Å²) in [5, 5.41) is 18.3. The third-order valence-electron chi connectivity index (χ3n) is 1.91. The molecule has 0 rings (SSSR count). The Bertz CT molecular complexity index is 95.6. The van der Waals surface area contributed by atoms with E-state index in [4.69, 9.17) is 5.11 Å². The minimum Gasteiger partial charge on any atom is -0.396 e. The fraction of sp³-hybridized carbons (Fsp3) is 1.00. The van der Waals surface area contributed by atoms with Crippen molar-refractivity contribution in [3.8, 4) is 0 Å². The van der Waals surface area contributed by atoms with E-state index in [-0.39, 0.29) is 6.61 Å². The van der Waals surface area contributed by atoms with Gasteiger partial charge in [0.05, 0.1) is 0 Å². The molecule has 0 aliphatic heterocycles. The van der Waals surface area contributed by atoms with E-state index in [2.05, 4.69) is 0 Å². The lowest BCUT2D eigenvalue weighted by molar-refractivity contribution is -0.0988. The van der Waals surface area contributed by atoms with E-state index in [0.29, 0.717) is 12.8 Å². The first-order chi connectivity index (χ1) is 4.56. The zero-order valence-electron chi connectivity index (χ0n) is 6.96. The van der Waals surface area contributed by atoms with E-state index in [1.54, 1.807) is 19.0 Å². The quantitative estimate of drug-likeness (QED) is 0.551. The zero-order chi connectivity index (χ0) is 8.20. The normalized spacial score (nSPS) is 17.4. The third-order valence-corrected chi connectivity index (χ3v) is 1.91. The summed E-state index contributed by atoms with van der Waals surface area (Å²) in [7, 11) is 3.61. The van der Waals surface area contributed by atoms with E-state index in [1.165, 1.54) is 0 Å². The van der Waals surface area contributed by atoms with Gasteiger partial charge in [0.1, 0.15) is 5.72 Å². The van der Waals surface area contributed by atoms with Crippen LogP contribution in [0.2, 0.25) is 0 Å². The molecule has 10 heavy (non-hydrogen) atoms. The van der Waals surface area contributed by atoms with Crippen LogP contribution in [0.1, 0.15) is 19.8 Å². The van der Waals surface area contributed by atoms with Crippen molar-refractivity contribution < 1.29 is 10.2 Å². The maximum Gasteiger partial charge on any atom is 0.119 e. The summed E-state index contributed by atoms with van der Waals surface area (Å²) in [6.45, 7) is 1.93. The van der Waals surface area contributed by atoms with E-state index in [1.807, 2.05) is 6.92 Å². The minimum atomic E-state index is -0.825. The van der Waals surface area contributed by atoms with E-state index >= 15 is 0 Å². The molecule has 1 unspecified atom stereocenters. The number of aliphatic hydroxyl groups is 2. The second-order valence-corrected chi connectivity index (χ2v) is 2.70. The molecule has 0 fully saturated rings. The predicted molar refractivity (Wildman–Crippen MR) is 40.6 cm³/mol. The number of hydrogen-bond donors (Lipinski definition) is 2. The molecule has 1 atom stereocenters. The second-order valence-electron chi connectivity index (χ2n) is 2.70. The fourth-order valence-electron chi connectivity index (χ4n) is 0.896. The Labute approximate surface area is 62.3 Å². The van der Waals surface area contributed by atoms with Gasteiger partial charge in [-0.25, -0.2) is 0 Å². The van der Waals surface area contributed by atoms with Gasteiger partial charge in [0.25, 0.3) is 0 Å². The molecule has 0 aromatic carbocycles. The number of rotatable bonds is 4.